The Labute approximate surface area is 220 Å². The van der Waals surface area contributed by atoms with Gasteiger partial charge in [-0.25, -0.2) is 14.3 Å². The molecule has 6 rings (SSSR count). The molecule has 2 fully saturated rings. The molecule has 10 nitrogen and oxygen atoms in total. The van der Waals surface area contributed by atoms with Crippen LogP contribution in [0.3, 0.4) is 0 Å². The summed E-state index contributed by atoms with van der Waals surface area (Å²) < 4.78 is 9.00. The molecule has 0 atom stereocenters. The molecule has 38 heavy (non-hydrogen) atoms. The van der Waals surface area contributed by atoms with E-state index in [0.717, 1.165) is 55.4 Å². The van der Waals surface area contributed by atoms with E-state index in [1.807, 2.05) is 12.1 Å². The van der Waals surface area contributed by atoms with E-state index in [-0.39, 0.29) is 11.6 Å². The van der Waals surface area contributed by atoms with Gasteiger partial charge in [-0.3, -0.25) is 9.69 Å². The van der Waals surface area contributed by atoms with Gasteiger partial charge in [0.15, 0.2) is 5.76 Å². The molecule has 0 unspecified atom stereocenters. The van der Waals surface area contributed by atoms with Crippen LogP contribution < -0.4 is 21.2 Å². The van der Waals surface area contributed by atoms with Crippen molar-refractivity contribution < 1.29 is 9.10 Å². The average Bonchev–Trinajstić information content (AvgIpc) is 3.66. The highest BCUT2D eigenvalue weighted by atomic mass is 16.3. The quantitative estimate of drug-likeness (QED) is 0.379. The number of furan rings is 1. The topological polar surface area (TPSA) is 113 Å². The van der Waals surface area contributed by atoms with Crippen molar-refractivity contribution in [2.75, 3.05) is 20.1 Å². The molecule has 2 N–H and O–H groups in total. The molecule has 1 aromatic carbocycles. The molecule has 3 aromatic heterocycles. The Balaban J connectivity index is 1.29. The van der Waals surface area contributed by atoms with E-state index >= 15 is 0 Å². The molecular weight excluding hydrogens is 482 g/mol. The molecule has 4 aromatic rings. The van der Waals surface area contributed by atoms with Crippen LogP contribution in [0.5, 0.6) is 0 Å². The van der Waals surface area contributed by atoms with Crippen LogP contribution in [0.25, 0.3) is 34.1 Å². The van der Waals surface area contributed by atoms with Gasteiger partial charge in [-0.1, -0.05) is 29.4 Å². The number of nitrogens with one attached hydrogen (secondary N) is 2. The summed E-state index contributed by atoms with van der Waals surface area (Å²) in [6.07, 6.45) is 6.42. The first-order valence-electron chi connectivity index (χ1n) is 13.5. The molecule has 1 aliphatic heterocycles. The predicted octanol–water partition coefficient (Wildman–Crippen LogP) is 2.53. The molecule has 198 valence electrons. The van der Waals surface area contributed by atoms with E-state index in [4.69, 9.17) is 9.52 Å². The smallest absolute Gasteiger partial charge is 0.416 e. The standard InChI is InChI=1S/C28H33N7O3/c1-33(20-13-15-29-16-14-20)17-18-7-9-19(10-8-18)22-11-12-23(38-22)25-30-24-26(31-28(37)34(2)27(24)36)35(32-25)21-5-3-4-6-21/h7-12,20-21,29H,3-6,13-17H2,1-2H3/p+1. The van der Waals surface area contributed by atoms with Crippen molar-refractivity contribution in [2.24, 2.45) is 7.05 Å². The zero-order valence-corrected chi connectivity index (χ0v) is 21.9. The van der Waals surface area contributed by atoms with E-state index in [1.165, 1.54) is 25.5 Å². The normalized spacial score (nSPS) is 17.1. The maximum Gasteiger partial charge on any atom is 0.416 e. The largest absolute Gasteiger partial charge is 0.453 e. The monoisotopic (exact) mass is 516 g/mol. The van der Waals surface area contributed by atoms with Crippen molar-refractivity contribution in [1.29, 1.82) is 0 Å². The molecule has 1 saturated heterocycles. The average molecular weight is 517 g/mol. The Morgan fingerprint density at radius 3 is 2.47 bits per heavy atom. The van der Waals surface area contributed by atoms with Crippen molar-refractivity contribution in [3.8, 4) is 22.9 Å². The van der Waals surface area contributed by atoms with Crippen molar-refractivity contribution in [3.05, 3.63) is 62.8 Å². The lowest BCUT2D eigenvalue weighted by Crippen LogP contribution is -2.47. The van der Waals surface area contributed by atoms with Gasteiger partial charge < -0.3 is 9.73 Å². The van der Waals surface area contributed by atoms with Crippen molar-refractivity contribution >= 4 is 11.2 Å². The third-order valence-electron chi connectivity index (χ3n) is 8.01. The molecule has 2 aliphatic rings. The second-order valence-corrected chi connectivity index (χ2v) is 10.6. The number of fused-ring (bicyclic) bond motifs is 1. The van der Waals surface area contributed by atoms with Crippen LogP contribution in [-0.2, 0) is 13.6 Å². The van der Waals surface area contributed by atoms with Crippen LogP contribution in [0, 0.1) is 0 Å². The van der Waals surface area contributed by atoms with Crippen LogP contribution in [0.2, 0.25) is 0 Å². The summed E-state index contributed by atoms with van der Waals surface area (Å²) in [4.78, 5) is 35.0. The first-order valence-corrected chi connectivity index (χ1v) is 13.5. The maximum absolute atomic E-state index is 12.9. The SMILES string of the molecule is CN(Cc1ccc(-c2ccc(-c3nc4c(=O)n(C)c(=O)[nH]c4[n+](C4CCCC4)n3)o2)cc1)C1CCNCC1. The number of aromatic nitrogens is 5. The minimum absolute atomic E-state index is 0.104. The Morgan fingerprint density at radius 2 is 1.74 bits per heavy atom. The zero-order chi connectivity index (χ0) is 26.2. The molecule has 0 bridgehead atoms. The van der Waals surface area contributed by atoms with E-state index in [9.17, 15) is 9.59 Å². The Kier molecular flexibility index (Phi) is 6.67. The van der Waals surface area contributed by atoms with Gasteiger partial charge >= 0.3 is 11.3 Å². The number of aromatic amines is 1. The van der Waals surface area contributed by atoms with Gasteiger partial charge in [0.2, 0.25) is 11.3 Å². The minimum Gasteiger partial charge on any atom is -0.453 e. The summed E-state index contributed by atoms with van der Waals surface area (Å²) >= 11 is 0. The molecule has 1 aliphatic carbocycles. The number of H-pyrrole nitrogens is 1. The van der Waals surface area contributed by atoms with Gasteiger partial charge in [0.25, 0.3) is 5.56 Å². The lowest BCUT2D eigenvalue weighted by molar-refractivity contribution is -0.754. The number of benzene rings is 1. The first kappa shape index (κ1) is 24.7. The summed E-state index contributed by atoms with van der Waals surface area (Å²) in [5.41, 5.74) is 1.86. The fourth-order valence-corrected chi connectivity index (χ4v) is 5.71. The van der Waals surface area contributed by atoms with Crippen LogP contribution in [0.4, 0.5) is 0 Å². The zero-order valence-electron chi connectivity index (χ0n) is 21.9. The molecule has 0 spiro atoms. The molecule has 10 heteroatoms. The number of nitrogens with zero attached hydrogens (tertiary/aromatic N) is 5. The van der Waals surface area contributed by atoms with Crippen molar-refractivity contribution in [1.82, 2.24) is 29.9 Å². The fourth-order valence-electron chi connectivity index (χ4n) is 5.71. The highest BCUT2D eigenvalue weighted by Crippen LogP contribution is 2.29. The van der Waals surface area contributed by atoms with Gasteiger partial charge in [-0.2, -0.15) is 4.98 Å². The van der Waals surface area contributed by atoms with Gasteiger partial charge in [-0.05, 0) is 76.4 Å². The predicted molar refractivity (Wildman–Crippen MR) is 144 cm³/mol. The highest BCUT2D eigenvalue weighted by molar-refractivity contribution is 5.68. The van der Waals surface area contributed by atoms with Crippen molar-refractivity contribution in [2.45, 2.75) is 57.2 Å². The lowest BCUT2D eigenvalue weighted by atomic mass is 10.0. The molecule has 4 heterocycles. The van der Waals surface area contributed by atoms with Crippen LogP contribution in [-0.4, -0.2) is 50.7 Å². The summed E-state index contributed by atoms with van der Waals surface area (Å²) in [5.74, 6) is 1.53. The number of rotatable bonds is 6. The van der Waals surface area contributed by atoms with Gasteiger partial charge in [0.05, 0.1) is 0 Å². The Morgan fingerprint density at radius 1 is 1.03 bits per heavy atom. The molecular formula is C28H34N7O3+. The molecule has 0 radical (unpaired) electrons. The molecule has 1 saturated carbocycles. The Bertz CT molecular complexity index is 1560. The van der Waals surface area contributed by atoms with E-state index in [0.29, 0.717) is 29.0 Å². The van der Waals surface area contributed by atoms with Gasteiger partial charge in [0.1, 0.15) is 11.8 Å². The highest BCUT2D eigenvalue weighted by Gasteiger charge is 2.29. The second-order valence-electron chi connectivity index (χ2n) is 10.6. The summed E-state index contributed by atoms with van der Waals surface area (Å²) in [7, 11) is 3.65. The maximum atomic E-state index is 12.9. The minimum atomic E-state index is -0.476. The lowest BCUT2D eigenvalue weighted by Gasteiger charge is -2.31. The molecule has 0 amide bonds. The van der Waals surface area contributed by atoms with Crippen molar-refractivity contribution in [3.63, 3.8) is 0 Å². The number of hydrogen-bond acceptors (Lipinski definition) is 7. The van der Waals surface area contributed by atoms with E-state index in [2.05, 4.69) is 51.5 Å². The third kappa shape index (κ3) is 4.69. The number of piperidine rings is 1. The van der Waals surface area contributed by atoms with Crippen LogP contribution >= 0.6 is 0 Å². The second kappa shape index (κ2) is 10.3. The summed E-state index contributed by atoms with van der Waals surface area (Å²) in [5, 5.41) is 8.17. The van der Waals surface area contributed by atoms with E-state index in [1.54, 1.807) is 4.68 Å². The van der Waals surface area contributed by atoms with Gasteiger partial charge in [0, 0.05) is 25.2 Å². The van der Waals surface area contributed by atoms with E-state index < -0.39 is 11.2 Å². The van der Waals surface area contributed by atoms with Crippen LogP contribution in [0.15, 0.2) is 50.4 Å². The first-order chi connectivity index (χ1) is 18.5. The summed E-state index contributed by atoms with van der Waals surface area (Å²) in [6.45, 7) is 3.09. The fraction of sp³-hybridized carbons (Fsp3) is 0.464. The third-order valence-corrected chi connectivity index (χ3v) is 8.01. The number of hydrogen-bond donors (Lipinski definition) is 2. The van der Waals surface area contributed by atoms with Crippen LogP contribution in [0.1, 0.15) is 50.1 Å². The summed E-state index contributed by atoms with van der Waals surface area (Å²) in [6, 6.07) is 12.9. The Hall–Kier alpha value is -3.63. The van der Waals surface area contributed by atoms with Gasteiger partial charge in [-0.15, -0.1) is 4.68 Å².